The Bertz CT molecular complexity index is 671. The van der Waals surface area contributed by atoms with E-state index < -0.39 is 29.3 Å². The lowest BCUT2D eigenvalue weighted by atomic mass is 9.65. The van der Waals surface area contributed by atoms with Gasteiger partial charge in [-0.25, -0.2) is 17.9 Å². The van der Waals surface area contributed by atoms with Gasteiger partial charge in [-0.3, -0.25) is 4.79 Å². The van der Waals surface area contributed by atoms with Crippen molar-refractivity contribution in [2.45, 2.75) is 83.4 Å². The summed E-state index contributed by atoms with van der Waals surface area (Å²) in [6.07, 6.45) is 0.830. The first-order valence-corrected chi connectivity index (χ1v) is 8.96. The molecule has 0 spiro atoms. The summed E-state index contributed by atoms with van der Waals surface area (Å²) in [6.45, 7) is 6.84. The van der Waals surface area contributed by atoms with Crippen molar-refractivity contribution in [2.75, 3.05) is 5.32 Å². The molecule has 0 aromatic carbocycles. The van der Waals surface area contributed by atoms with Gasteiger partial charge in [0.25, 0.3) is 5.91 Å². The largest absolute Gasteiger partial charge is 0.308 e. The molecular weight excluding hydrogens is 331 g/mol. The maximum absolute atomic E-state index is 14.0. The number of carbonyl (C=O) groups excluding carboxylic acids is 1. The Balaban J connectivity index is 1.92. The minimum Gasteiger partial charge on any atom is -0.308 e. The number of alkyl halides is 3. The highest BCUT2D eigenvalue weighted by Crippen LogP contribution is 2.54. The Morgan fingerprint density at radius 1 is 1.32 bits per heavy atom. The van der Waals surface area contributed by atoms with Crippen molar-refractivity contribution in [3.63, 3.8) is 0 Å². The van der Waals surface area contributed by atoms with E-state index in [1.54, 1.807) is 32.4 Å². The molecule has 3 rings (SSSR count). The van der Waals surface area contributed by atoms with Gasteiger partial charge in [-0.1, -0.05) is 20.8 Å². The number of hydrogen-bond donors (Lipinski definition) is 1. The predicted molar refractivity (Wildman–Crippen MR) is 89.7 cm³/mol. The third kappa shape index (κ3) is 3.17. The first-order chi connectivity index (χ1) is 11.5. The van der Waals surface area contributed by atoms with Crippen LogP contribution in [0, 0.1) is 12.8 Å². The number of rotatable bonds is 5. The predicted octanol–water partition coefficient (Wildman–Crippen LogP) is 4.54. The van der Waals surface area contributed by atoms with Gasteiger partial charge in [0.15, 0.2) is 6.17 Å². The average molecular weight is 357 g/mol. The van der Waals surface area contributed by atoms with Crippen LogP contribution in [0.1, 0.15) is 70.2 Å². The smallest absolute Gasteiger partial charge is 0.260 e. The van der Waals surface area contributed by atoms with Crippen molar-refractivity contribution in [3.8, 4) is 0 Å². The van der Waals surface area contributed by atoms with Gasteiger partial charge >= 0.3 is 0 Å². The van der Waals surface area contributed by atoms with E-state index in [1.807, 2.05) is 0 Å². The quantitative estimate of drug-likeness (QED) is 0.841. The fraction of sp³-hybridized carbons (Fsp3) is 0.778. The SMILES string of the molecule is Cc1c(C2(C)CC(F)(F)C2)nn(C2CCC2)c1NC(=O)C(F)C(C)C. The van der Waals surface area contributed by atoms with Crippen LogP contribution in [0.15, 0.2) is 0 Å². The fourth-order valence-electron chi connectivity index (χ4n) is 3.88. The summed E-state index contributed by atoms with van der Waals surface area (Å²) in [5.41, 5.74) is 0.574. The topological polar surface area (TPSA) is 46.9 Å². The second-order valence-corrected chi connectivity index (χ2v) is 8.26. The van der Waals surface area contributed by atoms with Crippen molar-refractivity contribution >= 4 is 11.7 Å². The summed E-state index contributed by atoms with van der Waals surface area (Å²) in [5, 5.41) is 7.26. The Labute approximate surface area is 146 Å². The summed E-state index contributed by atoms with van der Waals surface area (Å²) in [7, 11) is 0. The van der Waals surface area contributed by atoms with Gasteiger partial charge in [-0.2, -0.15) is 5.10 Å². The minimum absolute atomic E-state index is 0.143. The number of nitrogens with zero attached hydrogens (tertiary/aromatic N) is 2. The molecule has 1 aromatic heterocycles. The van der Waals surface area contributed by atoms with Crippen LogP contribution in [0.4, 0.5) is 19.0 Å². The van der Waals surface area contributed by atoms with Crippen LogP contribution in [0.5, 0.6) is 0 Å². The van der Waals surface area contributed by atoms with E-state index in [2.05, 4.69) is 10.4 Å². The first-order valence-electron chi connectivity index (χ1n) is 8.96. The molecule has 0 aliphatic heterocycles. The maximum Gasteiger partial charge on any atom is 0.260 e. The van der Waals surface area contributed by atoms with Crippen LogP contribution >= 0.6 is 0 Å². The van der Waals surface area contributed by atoms with Gasteiger partial charge in [0.05, 0.1) is 11.7 Å². The van der Waals surface area contributed by atoms with Crippen molar-refractivity contribution in [1.29, 1.82) is 0 Å². The van der Waals surface area contributed by atoms with E-state index in [1.165, 1.54) is 0 Å². The number of carbonyl (C=O) groups is 1. The summed E-state index contributed by atoms with van der Waals surface area (Å²) in [5.74, 6) is -3.33. The molecule has 2 aliphatic rings. The van der Waals surface area contributed by atoms with Gasteiger partial charge in [0.2, 0.25) is 5.92 Å². The zero-order valence-electron chi connectivity index (χ0n) is 15.2. The molecule has 1 N–H and O–H groups in total. The second kappa shape index (κ2) is 6.02. The van der Waals surface area contributed by atoms with Gasteiger partial charge in [0, 0.05) is 23.8 Å². The maximum atomic E-state index is 14.0. The standard InChI is InChI=1S/C18H26F3N3O/c1-10(2)13(19)16(25)22-15-11(3)14(17(4)8-18(20,21)9-17)23-24(15)12-6-5-7-12/h10,12-13H,5-9H2,1-4H3,(H,22,25). The lowest BCUT2D eigenvalue weighted by molar-refractivity contribution is -0.123. The van der Waals surface area contributed by atoms with Gasteiger partial charge < -0.3 is 5.32 Å². The van der Waals surface area contributed by atoms with E-state index in [0.29, 0.717) is 17.1 Å². The van der Waals surface area contributed by atoms with Crippen molar-refractivity contribution in [2.24, 2.45) is 5.92 Å². The molecule has 0 bridgehead atoms. The lowest BCUT2D eigenvalue weighted by Crippen LogP contribution is -2.47. The third-order valence-corrected chi connectivity index (χ3v) is 5.51. The Morgan fingerprint density at radius 2 is 1.92 bits per heavy atom. The highest BCUT2D eigenvalue weighted by molar-refractivity contribution is 5.94. The minimum atomic E-state index is -2.66. The fourth-order valence-corrected chi connectivity index (χ4v) is 3.88. The molecule has 1 heterocycles. The van der Waals surface area contributed by atoms with Gasteiger partial charge in [-0.15, -0.1) is 0 Å². The number of aromatic nitrogens is 2. The van der Waals surface area contributed by atoms with Gasteiger partial charge in [-0.05, 0) is 32.1 Å². The molecule has 1 unspecified atom stereocenters. The number of anilines is 1. The molecule has 2 fully saturated rings. The van der Waals surface area contributed by atoms with Gasteiger partial charge in [0.1, 0.15) is 5.82 Å². The van der Waals surface area contributed by atoms with E-state index in [-0.39, 0.29) is 18.9 Å². The van der Waals surface area contributed by atoms with Crippen LogP contribution in [-0.4, -0.2) is 27.8 Å². The highest BCUT2D eigenvalue weighted by Gasteiger charge is 2.56. The molecule has 1 atom stereocenters. The lowest BCUT2D eigenvalue weighted by Gasteiger charge is -2.44. The monoisotopic (exact) mass is 357 g/mol. The molecular formula is C18H26F3N3O. The van der Waals surface area contributed by atoms with Crippen molar-refractivity contribution in [1.82, 2.24) is 9.78 Å². The second-order valence-electron chi connectivity index (χ2n) is 8.26. The highest BCUT2D eigenvalue weighted by atomic mass is 19.3. The Hall–Kier alpha value is -1.53. The van der Waals surface area contributed by atoms with E-state index >= 15 is 0 Å². The van der Waals surface area contributed by atoms with Crippen molar-refractivity contribution in [3.05, 3.63) is 11.3 Å². The number of hydrogen-bond acceptors (Lipinski definition) is 2. The molecule has 2 aliphatic carbocycles. The zero-order chi connectivity index (χ0) is 18.6. The molecule has 0 radical (unpaired) electrons. The Kier molecular flexibility index (Phi) is 4.40. The molecule has 4 nitrogen and oxygen atoms in total. The average Bonchev–Trinajstić information content (AvgIpc) is 2.72. The summed E-state index contributed by atoms with van der Waals surface area (Å²) >= 11 is 0. The van der Waals surface area contributed by atoms with Crippen LogP contribution in [0.3, 0.4) is 0 Å². The Morgan fingerprint density at radius 3 is 2.36 bits per heavy atom. The van der Waals surface area contributed by atoms with Crippen LogP contribution < -0.4 is 5.32 Å². The molecule has 25 heavy (non-hydrogen) atoms. The molecule has 0 saturated heterocycles. The molecule has 140 valence electrons. The number of halogens is 3. The summed E-state index contributed by atoms with van der Waals surface area (Å²) in [6, 6.07) is 0.143. The van der Waals surface area contributed by atoms with E-state index in [4.69, 9.17) is 0 Å². The first kappa shape index (κ1) is 18.3. The molecule has 1 aromatic rings. The van der Waals surface area contributed by atoms with Crippen LogP contribution in [0.2, 0.25) is 0 Å². The summed E-state index contributed by atoms with van der Waals surface area (Å²) < 4.78 is 42.7. The van der Waals surface area contributed by atoms with Crippen molar-refractivity contribution < 1.29 is 18.0 Å². The number of amides is 1. The molecule has 7 heteroatoms. The van der Waals surface area contributed by atoms with Crippen LogP contribution in [0.25, 0.3) is 0 Å². The zero-order valence-corrected chi connectivity index (χ0v) is 15.2. The van der Waals surface area contributed by atoms with Crippen LogP contribution in [-0.2, 0) is 10.2 Å². The third-order valence-electron chi connectivity index (χ3n) is 5.51. The molecule has 2 saturated carbocycles. The van der Waals surface area contributed by atoms with E-state index in [9.17, 15) is 18.0 Å². The number of nitrogens with one attached hydrogen (secondary N) is 1. The normalized spacial score (nSPS) is 23.0. The summed E-state index contributed by atoms with van der Waals surface area (Å²) in [4.78, 5) is 12.2. The van der Waals surface area contributed by atoms with E-state index in [0.717, 1.165) is 19.3 Å². The molecule has 1 amide bonds.